The zero-order valence-electron chi connectivity index (χ0n) is 17.6. The van der Waals surface area contributed by atoms with Crippen LogP contribution in [0, 0.1) is 5.82 Å². The average molecular weight is 430 g/mol. The van der Waals surface area contributed by atoms with Gasteiger partial charge in [0.15, 0.2) is 0 Å². The molecule has 8 nitrogen and oxygen atoms in total. The molecule has 0 aliphatic carbocycles. The largest absolute Gasteiger partial charge is 0.343 e. The number of halogens is 1. The van der Waals surface area contributed by atoms with Gasteiger partial charge in [0.2, 0.25) is 5.91 Å². The monoisotopic (exact) mass is 430 g/mol. The number of imide groups is 1. The third-order valence-electron chi connectivity index (χ3n) is 6.59. The summed E-state index contributed by atoms with van der Waals surface area (Å²) in [4.78, 5) is 55.4. The summed E-state index contributed by atoms with van der Waals surface area (Å²) in [6, 6.07) is 4.66. The molecule has 1 aromatic carbocycles. The molecule has 1 N–H and O–H groups in total. The maximum atomic E-state index is 13.5. The molecule has 9 heteroatoms. The highest BCUT2D eigenvalue weighted by atomic mass is 19.1. The third kappa shape index (κ3) is 3.88. The Bertz CT molecular complexity index is 913. The fourth-order valence-electron chi connectivity index (χ4n) is 4.83. The Labute approximate surface area is 180 Å². The van der Waals surface area contributed by atoms with E-state index >= 15 is 0 Å². The molecule has 31 heavy (non-hydrogen) atoms. The van der Waals surface area contributed by atoms with E-state index in [9.17, 15) is 23.6 Å². The van der Waals surface area contributed by atoms with Gasteiger partial charge in [-0.2, -0.15) is 0 Å². The van der Waals surface area contributed by atoms with Gasteiger partial charge in [0.1, 0.15) is 11.4 Å². The van der Waals surface area contributed by atoms with Gasteiger partial charge >= 0.3 is 6.03 Å². The minimum Gasteiger partial charge on any atom is -0.343 e. The molecule has 3 aliphatic rings. The van der Waals surface area contributed by atoms with Crippen LogP contribution in [0.3, 0.4) is 0 Å². The second-order valence-corrected chi connectivity index (χ2v) is 8.48. The van der Waals surface area contributed by atoms with Crippen molar-refractivity contribution in [2.45, 2.75) is 50.6 Å². The summed E-state index contributed by atoms with van der Waals surface area (Å²) in [5, 5.41) is 2.87. The number of benzene rings is 1. The summed E-state index contributed by atoms with van der Waals surface area (Å²) in [5.74, 6) is -1.02. The van der Waals surface area contributed by atoms with Crippen molar-refractivity contribution in [3.63, 3.8) is 0 Å². The van der Waals surface area contributed by atoms with E-state index in [1.165, 1.54) is 23.1 Å². The van der Waals surface area contributed by atoms with E-state index in [1.54, 1.807) is 22.8 Å². The summed E-state index contributed by atoms with van der Waals surface area (Å²) >= 11 is 0. The lowest BCUT2D eigenvalue weighted by atomic mass is 9.87. The Hall–Kier alpha value is -2.97. The Kier molecular flexibility index (Phi) is 5.68. The van der Waals surface area contributed by atoms with Crippen LogP contribution in [0.15, 0.2) is 24.3 Å². The van der Waals surface area contributed by atoms with Crippen LogP contribution in [0.1, 0.15) is 49.4 Å². The number of amides is 5. The van der Waals surface area contributed by atoms with E-state index in [4.69, 9.17) is 0 Å². The summed E-state index contributed by atoms with van der Waals surface area (Å²) in [7, 11) is 0. The topological polar surface area (TPSA) is 90.0 Å². The van der Waals surface area contributed by atoms with Crippen molar-refractivity contribution in [2.75, 3.05) is 26.2 Å². The van der Waals surface area contributed by atoms with Crippen molar-refractivity contribution < 1.29 is 23.6 Å². The van der Waals surface area contributed by atoms with Gasteiger partial charge in [-0.15, -0.1) is 0 Å². The molecule has 1 spiro atoms. The fourth-order valence-corrected chi connectivity index (χ4v) is 4.83. The van der Waals surface area contributed by atoms with Gasteiger partial charge in [0, 0.05) is 38.2 Å². The SMILES string of the molecule is CCC(=O)N1CCC2(CC1)NC(=O)N([C@H]1CCCN(C(=O)c3cccc(F)c3)C1)C2=O. The molecule has 5 amide bonds. The molecule has 3 heterocycles. The highest BCUT2D eigenvalue weighted by molar-refractivity contribution is 6.07. The summed E-state index contributed by atoms with van der Waals surface area (Å²) in [6.45, 7) is 3.39. The number of nitrogens with zero attached hydrogens (tertiary/aromatic N) is 3. The van der Waals surface area contributed by atoms with Gasteiger partial charge in [0.05, 0.1) is 6.04 Å². The number of likely N-dealkylation sites (tertiary alicyclic amines) is 2. The minimum absolute atomic E-state index is 0.0438. The Morgan fingerprint density at radius 3 is 2.58 bits per heavy atom. The first-order chi connectivity index (χ1) is 14.8. The number of hydrogen-bond donors (Lipinski definition) is 1. The molecule has 3 fully saturated rings. The minimum atomic E-state index is -0.976. The van der Waals surface area contributed by atoms with E-state index in [0.29, 0.717) is 51.7 Å². The van der Waals surface area contributed by atoms with E-state index in [-0.39, 0.29) is 29.8 Å². The lowest BCUT2D eigenvalue weighted by Gasteiger charge is -2.39. The van der Waals surface area contributed by atoms with E-state index in [0.717, 1.165) is 0 Å². The van der Waals surface area contributed by atoms with E-state index in [2.05, 4.69) is 5.32 Å². The van der Waals surface area contributed by atoms with Crippen molar-refractivity contribution in [1.29, 1.82) is 0 Å². The highest BCUT2D eigenvalue weighted by Crippen LogP contribution is 2.32. The Morgan fingerprint density at radius 1 is 1.16 bits per heavy atom. The zero-order valence-corrected chi connectivity index (χ0v) is 17.6. The second kappa shape index (κ2) is 8.28. The number of urea groups is 1. The molecule has 0 unspecified atom stereocenters. The number of carbonyl (C=O) groups is 4. The van der Waals surface area contributed by atoms with E-state index < -0.39 is 23.4 Å². The third-order valence-corrected chi connectivity index (χ3v) is 6.59. The molecule has 4 rings (SSSR count). The Balaban J connectivity index is 1.46. The van der Waals surface area contributed by atoms with Crippen LogP contribution in [0.4, 0.5) is 9.18 Å². The fraction of sp³-hybridized carbons (Fsp3) is 0.545. The molecule has 1 atom stereocenters. The average Bonchev–Trinajstić information content (AvgIpc) is 3.02. The number of piperidine rings is 2. The van der Waals surface area contributed by atoms with Crippen LogP contribution in [0.25, 0.3) is 0 Å². The lowest BCUT2D eigenvalue weighted by molar-refractivity contribution is -0.139. The zero-order chi connectivity index (χ0) is 22.2. The summed E-state index contributed by atoms with van der Waals surface area (Å²) < 4.78 is 13.5. The first kappa shape index (κ1) is 21.3. The van der Waals surface area contributed by atoms with Crippen molar-refractivity contribution in [3.05, 3.63) is 35.6 Å². The maximum Gasteiger partial charge on any atom is 0.325 e. The van der Waals surface area contributed by atoms with Crippen LogP contribution < -0.4 is 5.32 Å². The van der Waals surface area contributed by atoms with Gasteiger partial charge in [-0.25, -0.2) is 9.18 Å². The smallest absolute Gasteiger partial charge is 0.325 e. The molecule has 3 aliphatic heterocycles. The van der Waals surface area contributed by atoms with Crippen LogP contribution >= 0.6 is 0 Å². The first-order valence-electron chi connectivity index (χ1n) is 10.8. The van der Waals surface area contributed by atoms with Gasteiger partial charge in [-0.1, -0.05) is 13.0 Å². The molecule has 0 aromatic heterocycles. The first-order valence-corrected chi connectivity index (χ1v) is 10.8. The van der Waals surface area contributed by atoms with Gasteiger partial charge < -0.3 is 15.1 Å². The van der Waals surface area contributed by atoms with Gasteiger partial charge in [0.25, 0.3) is 11.8 Å². The molecule has 0 saturated carbocycles. The quantitative estimate of drug-likeness (QED) is 0.740. The lowest BCUT2D eigenvalue weighted by Crippen LogP contribution is -2.57. The second-order valence-electron chi connectivity index (χ2n) is 8.48. The van der Waals surface area contributed by atoms with Crippen molar-refractivity contribution in [2.24, 2.45) is 0 Å². The molecule has 3 saturated heterocycles. The van der Waals surface area contributed by atoms with Crippen molar-refractivity contribution in [1.82, 2.24) is 20.0 Å². The predicted molar refractivity (Wildman–Crippen MR) is 110 cm³/mol. The number of carbonyl (C=O) groups excluding carboxylic acids is 4. The van der Waals surface area contributed by atoms with Crippen LogP contribution in [-0.4, -0.2) is 76.2 Å². The van der Waals surface area contributed by atoms with Gasteiger partial charge in [-0.05, 0) is 43.9 Å². The van der Waals surface area contributed by atoms with Crippen LogP contribution in [-0.2, 0) is 9.59 Å². The van der Waals surface area contributed by atoms with Crippen molar-refractivity contribution >= 4 is 23.8 Å². The number of nitrogens with one attached hydrogen (secondary N) is 1. The molecule has 0 bridgehead atoms. The molecule has 0 radical (unpaired) electrons. The Morgan fingerprint density at radius 2 is 1.90 bits per heavy atom. The molecular weight excluding hydrogens is 403 g/mol. The molecular formula is C22H27FN4O4. The number of rotatable bonds is 3. The normalized spacial score (nSPS) is 23.3. The molecule has 1 aromatic rings. The van der Waals surface area contributed by atoms with Crippen molar-refractivity contribution in [3.8, 4) is 0 Å². The van der Waals surface area contributed by atoms with E-state index in [1.807, 2.05) is 0 Å². The summed E-state index contributed by atoms with van der Waals surface area (Å²) in [6.07, 6.45) is 2.45. The molecule has 166 valence electrons. The number of hydrogen-bond acceptors (Lipinski definition) is 4. The standard InChI is InChI=1S/C22H27FN4O4/c1-2-18(28)25-11-8-22(9-12-25)20(30)27(21(31)24-22)17-7-4-10-26(14-17)19(29)15-5-3-6-16(23)13-15/h3,5-6,13,17H,2,4,7-12,14H2,1H3,(H,24,31)/t17-/m0/s1. The summed E-state index contributed by atoms with van der Waals surface area (Å²) in [5.41, 5.74) is -0.724. The predicted octanol–water partition coefficient (Wildman–Crippen LogP) is 1.75. The maximum absolute atomic E-state index is 13.5. The van der Waals surface area contributed by atoms with Gasteiger partial charge in [-0.3, -0.25) is 19.3 Å². The highest BCUT2D eigenvalue weighted by Gasteiger charge is 2.54. The van der Waals surface area contributed by atoms with Crippen LogP contribution in [0.2, 0.25) is 0 Å². The van der Waals surface area contributed by atoms with Crippen LogP contribution in [0.5, 0.6) is 0 Å².